The van der Waals surface area contributed by atoms with E-state index in [9.17, 15) is 24.2 Å². The van der Waals surface area contributed by atoms with Crippen LogP contribution in [0.4, 0.5) is 10.1 Å². The Labute approximate surface area is 178 Å². The zero-order chi connectivity index (χ0) is 21.6. The number of aliphatic hydroxyl groups is 2. The van der Waals surface area contributed by atoms with Crippen LogP contribution in [0.5, 0.6) is 0 Å². The van der Waals surface area contributed by atoms with Gasteiger partial charge < -0.3 is 31.1 Å². The molecule has 2 amide bonds. The topological polar surface area (TPSA) is 119 Å². The fourth-order valence-electron chi connectivity index (χ4n) is 4.85. The molecular formula is C20H25FN4O4S. The number of fused-ring (bicyclic) bond motifs is 1. The van der Waals surface area contributed by atoms with Gasteiger partial charge in [0.25, 0.3) is 0 Å². The number of anilines is 1. The summed E-state index contributed by atoms with van der Waals surface area (Å²) in [6, 6.07) is 4.60. The van der Waals surface area contributed by atoms with E-state index in [4.69, 9.17) is 18.0 Å². The van der Waals surface area contributed by atoms with Crippen molar-refractivity contribution in [1.29, 1.82) is 0 Å². The predicted octanol–water partition coefficient (Wildman–Crippen LogP) is -0.277. The van der Waals surface area contributed by atoms with Gasteiger partial charge in [0.05, 0.1) is 24.1 Å². The first kappa shape index (κ1) is 21.0. The third-order valence-corrected chi connectivity index (χ3v) is 6.79. The van der Waals surface area contributed by atoms with Crippen LogP contribution in [0.1, 0.15) is 19.3 Å². The van der Waals surface area contributed by atoms with Crippen LogP contribution in [-0.2, 0) is 9.59 Å². The van der Waals surface area contributed by atoms with Gasteiger partial charge in [-0.05, 0) is 55.7 Å². The number of thiocarbonyl (C=S) groups is 1. The zero-order valence-electron chi connectivity index (χ0n) is 16.3. The second kappa shape index (κ2) is 8.09. The highest BCUT2D eigenvalue weighted by Crippen LogP contribution is 2.38. The van der Waals surface area contributed by atoms with Crippen molar-refractivity contribution in [2.24, 2.45) is 17.6 Å². The second-order valence-corrected chi connectivity index (χ2v) is 8.60. The molecule has 2 heterocycles. The number of piperidine rings is 1. The number of aliphatic hydroxyl groups excluding tert-OH is 2. The van der Waals surface area contributed by atoms with E-state index in [-0.39, 0.29) is 24.2 Å². The number of amides is 2. The smallest absolute Gasteiger partial charge is 0.227 e. The van der Waals surface area contributed by atoms with E-state index in [2.05, 4.69) is 5.32 Å². The van der Waals surface area contributed by atoms with Crippen molar-refractivity contribution in [2.75, 3.05) is 18.0 Å². The van der Waals surface area contributed by atoms with Crippen molar-refractivity contribution in [1.82, 2.24) is 10.2 Å². The van der Waals surface area contributed by atoms with Crippen molar-refractivity contribution in [3.63, 3.8) is 0 Å². The van der Waals surface area contributed by atoms with Crippen molar-refractivity contribution in [3.05, 3.63) is 30.1 Å². The van der Waals surface area contributed by atoms with Crippen LogP contribution >= 0.6 is 12.2 Å². The molecule has 3 fully saturated rings. The summed E-state index contributed by atoms with van der Waals surface area (Å²) in [7, 11) is 0. The molecule has 0 spiro atoms. The molecule has 5 atom stereocenters. The molecule has 30 heavy (non-hydrogen) atoms. The average Bonchev–Trinajstić information content (AvgIpc) is 3.08. The van der Waals surface area contributed by atoms with Gasteiger partial charge >= 0.3 is 0 Å². The molecule has 1 aromatic carbocycles. The van der Waals surface area contributed by atoms with E-state index in [0.29, 0.717) is 36.7 Å². The maximum Gasteiger partial charge on any atom is 0.227 e. The van der Waals surface area contributed by atoms with Crippen molar-refractivity contribution < 1.29 is 24.2 Å². The van der Waals surface area contributed by atoms with Crippen molar-refractivity contribution >= 4 is 34.8 Å². The summed E-state index contributed by atoms with van der Waals surface area (Å²) < 4.78 is 13.4. The normalized spacial score (nSPS) is 32.0. The minimum absolute atomic E-state index is 0.0822. The first-order chi connectivity index (χ1) is 14.3. The van der Waals surface area contributed by atoms with Gasteiger partial charge in [-0.3, -0.25) is 9.59 Å². The average molecular weight is 437 g/mol. The summed E-state index contributed by atoms with van der Waals surface area (Å²) in [6.45, 7) is 0.820. The van der Waals surface area contributed by atoms with E-state index in [1.165, 1.54) is 12.1 Å². The van der Waals surface area contributed by atoms with E-state index < -0.39 is 36.0 Å². The number of hydrogen-bond acceptors (Lipinski definition) is 5. The largest absolute Gasteiger partial charge is 0.390 e. The van der Waals surface area contributed by atoms with Crippen LogP contribution in [0.25, 0.3) is 0 Å². The lowest BCUT2D eigenvalue weighted by molar-refractivity contribution is -0.144. The van der Waals surface area contributed by atoms with Crippen LogP contribution in [0.15, 0.2) is 24.3 Å². The van der Waals surface area contributed by atoms with Crippen LogP contribution in [0, 0.1) is 17.7 Å². The Morgan fingerprint density at radius 2 is 1.80 bits per heavy atom. The number of halogens is 1. The maximum atomic E-state index is 13.4. The van der Waals surface area contributed by atoms with Gasteiger partial charge in [0.15, 0.2) is 5.11 Å². The lowest BCUT2D eigenvalue weighted by Crippen LogP contribution is -2.61. The highest BCUT2D eigenvalue weighted by Gasteiger charge is 2.54. The van der Waals surface area contributed by atoms with Gasteiger partial charge in [-0.1, -0.05) is 0 Å². The summed E-state index contributed by atoms with van der Waals surface area (Å²) in [5.41, 5.74) is 5.99. The van der Waals surface area contributed by atoms with Gasteiger partial charge in [-0.25, -0.2) is 4.39 Å². The number of carbonyl (C=O) groups excluding carboxylic acids is 2. The Kier molecular flexibility index (Phi) is 5.65. The third kappa shape index (κ3) is 3.63. The SMILES string of the molecule is NC(=O)C1CCN(C(=O)C2CC(O)C(O)C3NC(=S)N(c4ccc(F)cc4)C23)CC1. The van der Waals surface area contributed by atoms with Crippen LogP contribution in [0.2, 0.25) is 0 Å². The number of hydrogen-bond donors (Lipinski definition) is 4. The number of rotatable bonds is 3. The standard InChI is InChI=1S/C20H25FN4O4S/c21-11-1-3-12(4-2-11)25-16-13(9-14(26)17(27)15(16)23-20(25)30)19(29)24-7-5-10(6-8-24)18(22)28/h1-4,10,13-17,26-27H,5-9H2,(H2,22,28)(H,23,30). The molecule has 0 aromatic heterocycles. The monoisotopic (exact) mass is 436 g/mol. The Morgan fingerprint density at radius 1 is 1.17 bits per heavy atom. The molecule has 3 aliphatic rings. The van der Waals surface area contributed by atoms with Crippen LogP contribution in [0.3, 0.4) is 0 Å². The number of benzene rings is 1. The Morgan fingerprint density at radius 3 is 2.40 bits per heavy atom. The molecule has 1 saturated carbocycles. The number of likely N-dealkylation sites (tertiary alicyclic amines) is 1. The lowest BCUT2D eigenvalue weighted by Gasteiger charge is -2.43. The molecule has 8 nitrogen and oxygen atoms in total. The lowest BCUT2D eigenvalue weighted by atomic mass is 9.76. The van der Waals surface area contributed by atoms with E-state index in [0.717, 1.165) is 0 Å². The van der Waals surface area contributed by atoms with E-state index in [1.807, 2.05) is 0 Å². The number of primary amides is 1. The summed E-state index contributed by atoms with van der Waals surface area (Å²) in [6.07, 6.45) is -1.08. The molecule has 4 rings (SSSR count). The van der Waals surface area contributed by atoms with Gasteiger partial charge in [0, 0.05) is 24.7 Å². The van der Waals surface area contributed by atoms with Crippen molar-refractivity contribution in [3.8, 4) is 0 Å². The van der Waals surface area contributed by atoms with Crippen molar-refractivity contribution in [2.45, 2.75) is 43.6 Å². The minimum Gasteiger partial charge on any atom is -0.390 e. The fourth-order valence-corrected chi connectivity index (χ4v) is 5.21. The van der Waals surface area contributed by atoms with Gasteiger partial charge in [0.1, 0.15) is 11.9 Å². The molecule has 5 unspecified atom stereocenters. The number of nitrogens with two attached hydrogens (primary N) is 1. The van der Waals surface area contributed by atoms with E-state index >= 15 is 0 Å². The predicted molar refractivity (Wildman–Crippen MR) is 111 cm³/mol. The molecule has 0 bridgehead atoms. The Balaban J connectivity index is 1.61. The first-order valence-corrected chi connectivity index (χ1v) is 10.5. The van der Waals surface area contributed by atoms with Gasteiger partial charge in [0.2, 0.25) is 11.8 Å². The first-order valence-electron chi connectivity index (χ1n) is 10.1. The number of carbonyl (C=O) groups is 2. The summed E-state index contributed by atoms with van der Waals surface area (Å²) >= 11 is 5.45. The maximum absolute atomic E-state index is 13.4. The molecular weight excluding hydrogens is 411 g/mol. The zero-order valence-corrected chi connectivity index (χ0v) is 17.1. The number of nitrogens with one attached hydrogen (secondary N) is 1. The molecule has 1 aliphatic carbocycles. The van der Waals surface area contributed by atoms with Gasteiger partial charge in [-0.15, -0.1) is 0 Å². The van der Waals surface area contributed by atoms with Gasteiger partial charge in [-0.2, -0.15) is 0 Å². The minimum atomic E-state index is -1.09. The number of nitrogens with zero attached hydrogens (tertiary/aromatic N) is 2. The molecule has 5 N–H and O–H groups in total. The molecule has 2 aliphatic heterocycles. The highest BCUT2D eigenvalue weighted by atomic mass is 32.1. The molecule has 162 valence electrons. The van der Waals surface area contributed by atoms with Crippen LogP contribution < -0.4 is 16.0 Å². The Hall–Kier alpha value is -2.30. The highest BCUT2D eigenvalue weighted by molar-refractivity contribution is 7.80. The quantitative estimate of drug-likeness (QED) is 0.482. The summed E-state index contributed by atoms with van der Waals surface area (Å²) in [5.74, 6) is -1.77. The van der Waals surface area contributed by atoms with Crippen LogP contribution in [-0.4, -0.2) is 69.4 Å². The third-order valence-electron chi connectivity index (χ3n) is 6.48. The summed E-state index contributed by atoms with van der Waals surface area (Å²) in [4.78, 5) is 28.3. The Bertz CT molecular complexity index is 846. The molecule has 0 radical (unpaired) electrons. The van der Waals surface area contributed by atoms with E-state index in [1.54, 1.807) is 21.9 Å². The molecule has 2 saturated heterocycles. The molecule has 10 heteroatoms. The molecule has 1 aromatic rings. The second-order valence-electron chi connectivity index (χ2n) is 8.21. The summed E-state index contributed by atoms with van der Waals surface area (Å²) in [5, 5.41) is 24.3. The fraction of sp³-hybridized carbons (Fsp3) is 0.550.